The monoisotopic (exact) mass is 243 g/mol. The van der Waals surface area contributed by atoms with E-state index in [9.17, 15) is 4.79 Å². The molecule has 3 N–H and O–H groups in total. The van der Waals surface area contributed by atoms with Crippen LogP contribution < -0.4 is 16.2 Å². The fourth-order valence-corrected chi connectivity index (χ4v) is 1.45. The molecule has 1 amide bonds. The Morgan fingerprint density at radius 1 is 1.33 bits per heavy atom. The molecular formula is C12H13N5O. The summed E-state index contributed by atoms with van der Waals surface area (Å²) in [5.41, 5.74) is 4.17. The topological polar surface area (TPSA) is 84.1 Å². The molecule has 2 rings (SSSR count). The highest BCUT2D eigenvalue weighted by atomic mass is 16.2. The predicted octanol–water partition coefficient (Wildman–Crippen LogP) is 1.04. The molecule has 2 heterocycles. The smallest absolute Gasteiger partial charge is 0.276 e. The van der Waals surface area contributed by atoms with E-state index in [0.717, 1.165) is 0 Å². The minimum atomic E-state index is -0.202. The quantitative estimate of drug-likeness (QED) is 0.621. The Bertz CT molecular complexity index is 526. The van der Waals surface area contributed by atoms with Gasteiger partial charge in [0, 0.05) is 13.2 Å². The Kier molecular flexibility index (Phi) is 3.49. The molecule has 0 aliphatic heterocycles. The fourth-order valence-electron chi connectivity index (χ4n) is 1.45. The third-order valence-electron chi connectivity index (χ3n) is 2.49. The number of amides is 1. The van der Waals surface area contributed by atoms with E-state index >= 15 is 0 Å². The summed E-state index contributed by atoms with van der Waals surface area (Å²) >= 11 is 0. The third kappa shape index (κ3) is 2.44. The van der Waals surface area contributed by atoms with Crippen molar-refractivity contribution >= 4 is 17.3 Å². The highest BCUT2D eigenvalue weighted by Gasteiger charge is 2.14. The zero-order valence-corrected chi connectivity index (χ0v) is 9.87. The first-order chi connectivity index (χ1) is 8.72. The van der Waals surface area contributed by atoms with Gasteiger partial charge in [-0.25, -0.2) is 4.98 Å². The molecule has 18 heavy (non-hydrogen) atoms. The van der Waals surface area contributed by atoms with Gasteiger partial charge in [-0.3, -0.25) is 15.6 Å². The molecular weight excluding hydrogens is 230 g/mol. The zero-order chi connectivity index (χ0) is 13.0. The number of carbonyl (C=O) groups is 1. The van der Waals surface area contributed by atoms with E-state index in [4.69, 9.17) is 5.84 Å². The number of hydrogen-bond donors (Lipinski definition) is 2. The van der Waals surface area contributed by atoms with Crippen molar-refractivity contribution in [3.8, 4) is 0 Å². The van der Waals surface area contributed by atoms with Gasteiger partial charge in [0.2, 0.25) is 0 Å². The summed E-state index contributed by atoms with van der Waals surface area (Å²) < 4.78 is 0. The molecule has 0 aliphatic rings. The van der Waals surface area contributed by atoms with Gasteiger partial charge >= 0.3 is 0 Å². The summed E-state index contributed by atoms with van der Waals surface area (Å²) in [6.45, 7) is 0. The van der Waals surface area contributed by atoms with Crippen molar-refractivity contribution in [3.63, 3.8) is 0 Å². The standard InChI is InChI=1S/C12H13N5O/c1-17(10-3-2-6-14-8-10)12(18)11-5-4-9(16-13)7-15-11/h2-8,16H,13H2,1H3. The third-order valence-corrected chi connectivity index (χ3v) is 2.49. The van der Waals surface area contributed by atoms with Crippen LogP contribution in [0.4, 0.5) is 11.4 Å². The molecule has 0 aliphatic carbocycles. The maximum atomic E-state index is 12.1. The molecule has 2 aromatic heterocycles. The molecule has 92 valence electrons. The summed E-state index contributed by atoms with van der Waals surface area (Å²) in [7, 11) is 1.68. The first-order valence-electron chi connectivity index (χ1n) is 5.33. The molecule has 0 saturated carbocycles. The minimum Gasteiger partial charge on any atom is -0.323 e. The average molecular weight is 243 g/mol. The second-order valence-corrected chi connectivity index (χ2v) is 3.65. The van der Waals surface area contributed by atoms with Gasteiger partial charge in [-0.2, -0.15) is 0 Å². The van der Waals surface area contributed by atoms with E-state index < -0.39 is 0 Å². The Hall–Kier alpha value is -2.47. The summed E-state index contributed by atoms with van der Waals surface area (Å²) in [6, 6.07) is 6.89. The van der Waals surface area contributed by atoms with Crippen molar-refractivity contribution in [2.75, 3.05) is 17.4 Å². The summed E-state index contributed by atoms with van der Waals surface area (Å²) in [4.78, 5) is 21.6. The van der Waals surface area contributed by atoms with E-state index in [0.29, 0.717) is 17.1 Å². The normalized spacial score (nSPS) is 9.89. The summed E-state index contributed by atoms with van der Waals surface area (Å²) in [6.07, 6.45) is 4.78. The number of pyridine rings is 2. The molecule has 6 heteroatoms. The Balaban J connectivity index is 2.20. The van der Waals surface area contributed by atoms with Crippen LogP contribution in [-0.4, -0.2) is 22.9 Å². The molecule has 0 aromatic carbocycles. The molecule has 0 atom stereocenters. The maximum Gasteiger partial charge on any atom is 0.276 e. The van der Waals surface area contributed by atoms with Crippen molar-refractivity contribution in [2.45, 2.75) is 0 Å². The van der Waals surface area contributed by atoms with Gasteiger partial charge in [0.05, 0.1) is 23.8 Å². The largest absolute Gasteiger partial charge is 0.323 e. The second-order valence-electron chi connectivity index (χ2n) is 3.65. The molecule has 0 radical (unpaired) electrons. The first kappa shape index (κ1) is 12.0. The van der Waals surface area contributed by atoms with Crippen LogP contribution in [0.3, 0.4) is 0 Å². The van der Waals surface area contributed by atoms with Crippen molar-refractivity contribution < 1.29 is 4.79 Å². The second kappa shape index (κ2) is 5.24. The van der Waals surface area contributed by atoms with Crippen LogP contribution >= 0.6 is 0 Å². The maximum absolute atomic E-state index is 12.1. The predicted molar refractivity (Wildman–Crippen MR) is 69.0 cm³/mol. The number of nitrogens with one attached hydrogen (secondary N) is 1. The van der Waals surface area contributed by atoms with E-state index in [2.05, 4.69) is 15.4 Å². The average Bonchev–Trinajstić information content (AvgIpc) is 2.47. The Morgan fingerprint density at radius 3 is 2.72 bits per heavy atom. The molecule has 0 saturated heterocycles. The zero-order valence-electron chi connectivity index (χ0n) is 9.87. The Labute approximate surface area is 104 Å². The number of nitrogens with two attached hydrogens (primary N) is 1. The number of aromatic nitrogens is 2. The van der Waals surface area contributed by atoms with Crippen molar-refractivity contribution in [1.29, 1.82) is 0 Å². The number of nitrogens with zero attached hydrogens (tertiary/aromatic N) is 3. The summed E-state index contributed by atoms with van der Waals surface area (Å²) in [5, 5.41) is 0. The lowest BCUT2D eigenvalue weighted by atomic mass is 10.3. The van der Waals surface area contributed by atoms with Crippen LogP contribution in [0, 0.1) is 0 Å². The van der Waals surface area contributed by atoms with Gasteiger partial charge in [-0.1, -0.05) is 0 Å². The molecule has 0 bridgehead atoms. The van der Waals surface area contributed by atoms with Crippen LogP contribution in [0.1, 0.15) is 10.5 Å². The van der Waals surface area contributed by atoms with Gasteiger partial charge in [0.15, 0.2) is 0 Å². The lowest BCUT2D eigenvalue weighted by molar-refractivity contribution is 0.0988. The van der Waals surface area contributed by atoms with Gasteiger partial charge in [-0.15, -0.1) is 0 Å². The Morgan fingerprint density at radius 2 is 2.17 bits per heavy atom. The van der Waals surface area contributed by atoms with Crippen LogP contribution in [-0.2, 0) is 0 Å². The van der Waals surface area contributed by atoms with Crippen molar-refractivity contribution in [1.82, 2.24) is 9.97 Å². The van der Waals surface area contributed by atoms with Crippen LogP contribution in [0.5, 0.6) is 0 Å². The minimum absolute atomic E-state index is 0.202. The highest BCUT2D eigenvalue weighted by molar-refractivity contribution is 6.04. The van der Waals surface area contributed by atoms with Crippen molar-refractivity contribution in [2.24, 2.45) is 5.84 Å². The van der Waals surface area contributed by atoms with E-state index in [-0.39, 0.29) is 5.91 Å². The number of anilines is 2. The van der Waals surface area contributed by atoms with Gasteiger partial charge < -0.3 is 10.3 Å². The van der Waals surface area contributed by atoms with Crippen LogP contribution in [0.15, 0.2) is 42.9 Å². The molecule has 0 spiro atoms. The summed E-state index contributed by atoms with van der Waals surface area (Å²) in [5.74, 6) is 5.03. The fraction of sp³-hybridized carbons (Fsp3) is 0.0833. The van der Waals surface area contributed by atoms with Gasteiger partial charge in [0.1, 0.15) is 5.69 Å². The highest BCUT2D eigenvalue weighted by Crippen LogP contribution is 2.13. The SMILES string of the molecule is CN(C(=O)c1ccc(NN)cn1)c1cccnc1. The number of rotatable bonds is 3. The van der Waals surface area contributed by atoms with Crippen LogP contribution in [0.25, 0.3) is 0 Å². The van der Waals surface area contributed by atoms with E-state index in [1.54, 1.807) is 43.7 Å². The molecule has 2 aromatic rings. The number of hydrazine groups is 1. The lowest BCUT2D eigenvalue weighted by Gasteiger charge is -2.16. The van der Waals surface area contributed by atoms with Gasteiger partial charge in [-0.05, 0) is 24.3 Å². The van der Waals surface area contributed by atoms with E-state index in [1.165, 1.54) is 11.1 Å². The number of hydrogen-bond acceptors (Lipinski definition) is 5. The van der Waals surface area contributed by atoms with Crippen molar-refractivity contribution in [3.05, 3.63) is 48.5 Å². The molecule has 0 fully saturated rings. The number of nitrogen functional groups attached to an aromatic ring is 1. The van der Waals surface area contributed by atoms with Crippen LogP contribution in [0.2, 0.25) is 0 Å². The lowest BCUT2D eigenvalue weighted by Crippen LogP contribution is -2.27. The van der Waals surface area contributed by atoms with Gasteiger partial charge in [0.25, 0.3) is 5.91 Å². The first-order valence-corrected chi connectivity index (χ1v) is 5.33. The molecule has 6 nitrogen and oxygen atoms in total. The number of carbonyl (C=O) groups excluding carboxylic acids is 1. The molecule has 0 unspecified atom stereocenters. The van der Waals surface area contributed by atoms with E-state index in [1.807, 2.05) is 0 Å².